The molecule has 1 aliphatic heterocycles. The van der Waals surface area contributed by atoms with Gasteiger partial charge in [-0.2, -0.15) is 0 Å². The van der Waals surface area contributed by atoms with Crippen LogP contribution in [-0.4, -0.2) is 46.4 Å². The van der Waals surface area contributed by atoms with Gasteiger partial charge in [-0.15, -0.1) is 0 Å². The normalized spacial score (nSPS) is 21.1. The van der Waals surface area contributed by atoms with Crippen molar-refractivity contribution in [2.24, 2.45) is 11.7 Å². The molecule has 0 radical (unpaired) electrons. The highest BCUT2D eigenvalue weighted by Gasteiger charge is 2.21. The van der Waals surface area contributed by atoms with Crippen LogP contribution in [0, 0.1) is 5.92 Å². The summed E-state index contributed by atoms with van der Waals surface area (Å²) in [6, 6.07) is 0. The third-order valence-corrected chi connectivity index (χ3v) is 2.12. The molecule has 1 aliphatic rings. The Bertz CT molecular complexity index is 208. The van der Waals surface area contributed by atoms with Crippen molar-refractivity contribution in [1.29, 1.82) is 0 Å². The van der Waals surface area contributed by atoms with Crippen molar-refractivity contribution in [2.45, 2.75) is 39.2 Å². The molecule has 0 bridgehead atoms. The fourth-order valence-electron chi connectivity index (χ4n) is 1.43. The summed E-state index contributed by atoms with van der Waals surface area (Å²) >= 11 is 0. The maximum absolute atomic E-state index is 10.5. The minimum atomic E-state index is -0.817. The van der Waals surface area contributed by atoms with Gasteiger partial charge in [0.1, 0.15) is 0 Å². The first kappa shape index (κ1) is 15.2. The van der Waals surface area contributed by atoms with E-state index >= 15 is 0 Å². The number of hydrogen-bond acceptors (Lipinski definition) is 3. The zero-order chi connectivity index (χ0) is 12.8. The number of aliphatic hydroxyl groups is 1. The molecule has 4 N–H and O–H groups in total. The Morgan fingerprint density at radius 2 is 2.00 bits per heavy atom. The Morgan fingerprint density at radius 1 is 1.50 bits per heavy atom. The quantitative estimate of drug-likeness (QED) is 0.632. The van der Waals surface area contributed by atoms with E-state index in [1.54, 1.807) is 20.8 Å². The maximum atomic E-state index is 10.5. The summed E-state index contributed by atoms with van der Waals surface area (Å²) in [4.78, 5) is 11.9. The molecule has 1 amide bonds. The summed E-state index contributed by atoms with van der Waals surface area (Å²) in [5, 5.41) is 17.2. The highest BCUT2D eigenvalue weighted by molar-refractivity contribution is 5.65. The van der Waals surface area contributed by atoms with Gasteiger partial charge >= 0.3 is 6.09 Å². The van der Waals surface area contributed by atoms with Crippen molar-refractivity contribution in [3.8, 4) is 0 Å². The molecule has 1 unspecified atom stereocenters. The van der Waals surface area contributed by atoms with Crippen LogP contribution >= 0.6 is 0 Å². The zero-order valence-corrected chi connectivity index (χ0v) is 10.4. The molecule has 1 heterocycles. The lowest BCUT2D eigenvalue weighted by atomic mass is 9.99. The Balaban J connectivity index is 0.000000385. The minimum absolute atomic E-state index is 0.375. The van der Waals surface area contributed by atoms with E-state index in [1.165, 1.54) is 4.90 Å². The number of rotatable bonds is 1. The first-order valence-corrected chi connectivity index (χ1v) is 5.64. The first-order valence-electron chi connectivity index (χ1n) is 5.64. The lowest BCUT2D eigenvalue weighted by Crippen LogP contribution is -2.41. The number of nitrogens with two attached hydrogens (primary N) is 1. The van der Waals surface area contributed by atoms with Gasteiger partial charge in [-0.3, -0.25) is 0 Å². The van der Waals surface area contributed by atoms with Crippen LogP contribution in [0.5, 0.6) is 0 Å². The van der Waals surface area contributed by atoms with E-state index in [4.69, 9.17) is 15.9 Å². The number of amides is 1. The van der Waals surface area contributed by atoms with Crippen molar-refractivity contribution in [3.05, 3.63) is 0 Å². The number of nitrogens with zero attached hydrogens (tertiary/aromatic N) is 1. The van der Waals surface area contributed by atoms with Crippen molar-refractivity contribution < 1.29 is 15.0 Å². The summed E-state index contributed by atoms with van der Waals surface area (Å²) in [7, 11) is 0. The van der Waals surface area contributed by atoms with Crippen LogP contribution in [0.15, 0.2) is 0 Å². The van der Waals surface area contributed by atoms with Gasteiger partial charge in [0.05, 0.1) is 5.60 Å². The molecule has 1 atom stereocenters. The second kappa shape index (κ2) is 6.70. The van der Waals surface area contributed by atoms with Gasteiger partial charge in [-0.1, -0.05) is 0 Å². The largest absolute Gasteiger partial charge is 0.465 e. The third kappa shape index (κ3) is 8.49. The standard InChI is InChI=1S/C7H14N2O2.C4H10O/c8-4-6-2-1-3-9(5-6)7(10)11;1-4(2,3)5/h6H,1-5,8H2,(H,10,11);5H,1-3H3. The van der Waals surface area contributed by atoms with Crippen LogP contribution < -0.4 is 5.73 Å². The van der Waals surface area contributed by atoms with Gasteiger partial charge in [-0.05, 0) is 46.1 Å². The maximum Gasteiger partial charge on any atom is 0.407 e. The molecular weight excluding hydrogens is 208 g/mol. The Morgan fingerprint density at radius 3 is 2.38 bits per heavy atom. The number of carboxylic acid groups (broad SMARTS) is 1. The van der Waals surface area contributed by atoms with Crippen LogP contribution in [0.1, 0.15) is 33.6 Å². The molecule has 1 saturated heterocycles. The molecule has 1 fully saturated rings. The van der Waals surface area contributed by atoms with E-state index in [2.05, 4.69) is 0 Å². The van der Waals surface area contributed by atoms with Crippen LogP contribution in [0.25, 0.3) is 0 Å². The molecule has 0 aliphatic carbocycles. The molecule has 16 heavy (non-hydrogen) atoms. The number of piperidine rings is 1. The van der Waals surface area contributed by atoms with E-state index in [0.717, 1.165) is 12.8 Å². The van der Waals surface area contributed by atoms with Gasteiger partial charge in [0.15, 0.2) is 0 Å². The van der Waals surface area contributed by atoms with E-state index in [9.17, 15) is 4.79 Å². The Labute approximate surface area is 97.2 Å². The van der Waals surface area contributed by atoms with Gasteiger partial charge < -0.3 is 20.8 Å². The van der Waals surface area contributed by atoms with Crippen LogP contribution in [0.4, 0.5) is 4.79 Å². The molecule has 0 aromatic carbocycles. The van der Waals surface area contributed by atoms with Gasteiger partial charge in [0, 0.05) is 13.1 Å². The SMILES string of the molecule is CC(C)(C)O.NCC1CCCN(C(=O)O)C1. The second-order valence-electron chi connectivity index (χ2n) is 5.14. The minimum Gasteiger partial charge on any atom is -0.465 e. The lowest BCUT2D eigenvalue weighted by Gasteiger charge is -2.29. The van der Waals surface area contributed by atoms with Gasteiger partial charge in [0.2, 0.25) is 0 Å². The predicted octanol–water partition coefficient (Wildman–Crippen LogP) is 1.11. The summed E-state index contributed by atoms with van der Waals surface area (Å²) in [6.07, 6.45) is 1.21. The lowest BCUT2D eigenvalue weighted by molar-refractivity contribution is 0.102. The number of likely N-dealkylation sites (tertiary alicyclic amines) is 1. The van der Waals surface area contributed by atoms with Crippen LogP contribution in [0.3, 0.4) is 0 Å². The molecule has 0 aromatic heterocycles. The second-order valence-corrected chi connectivity index (χ2v) is 5.14. The summed E-state index contributed by atoms with van der Waals surface area (Å²) < 4.78 is 0. The highest BCUT2D eigenvalue weighted by Crippen LogP contribution is 2.14. The Kier molecular flexibility index (Phi) is 6.36. The average molecular weight is 232 g/mol. The third-order valence-electron chi connectivity index (χ3n) is 2.12. The number of carbonyl (C=O) groups is 1. The zero-order valence-electron chi connectivity index (χ0n) is 10.4. The molecule has 5 heteroatoms. The molecule has 96 valence electrons. The summed E-state index contributed by atoms with van der Waals surface area (Å²) in [6.45, 7) is 7.12. The molecule has 0 spiro atoms. The van der Waals surface area contributed by atoms with Gasteiger partial charge in [-0.25, -0.2) is 4.79 Å². The smallest absolute Gasteiger partial charge is 0.407 e. The molecule has 0 saturated carbocycles. The van der Waals surface area contributed by atoms with Crippen molar-refractivity contribution >= 4 is 6.09 Å². The van der Waals surface area contributed by atoms with Gasteiger partial charge in [0.25, 0.3) is 0 Å². The topological polar surface area (TPSA) is 86.8 Å². The fraction of sp³-hybridized carbons (Fsp3) is 0.909. The molecule has 1 rings (SSSR count). The molecule has 5 nitrogen and oxygen atoms in total. The molecule has 0 aromatic rings. The number of hydrogen-bond donors (Lipinski definition) is 3. The van der Waals surface area contributed by atoms with Crippen LogP contribution in [-0.2, 0) is 0 Å². The van der Waals surface area contributed by atoms with Crippen molar-refractivity contribution in [2.75, 3.05) is 19.6 Å². The summed E-state index contributed by atoms with van der Waals surface area (Å²) in [5.74, 6) is 0.375. The monoisotopic (exact) mass is 232 g/mol. The Hall–Kier alpha value is -0.810. The summed E-state index contributed by atoms with van der Waals surface area (Å²) in [5.41, 5.74) is 4.95. The average Bonchev–Trinajstić information content (AvgIpc) is 2.15. The first-order chi connectivity index (χ1) is 7.24. The van der Waals surface area contributed by atoms with Crippen LogP contribution in [0.2, 0.25) is 0 Å². The van der Waals surface area contributed by atoms with E-state index in [0.29, 0.717) is 25.6 Å². The van der Waals surface area contributed by atoms with E-state index in [1.807, 2.05) is 0 Å². The molecular formula is C11H24N2O3. The fourth-order valence-corrected chi connectivity index (χ4v) is 1.43. The van der Waals surface area contributed by atoms with Crippen molar-refractivity contribution in [3.63, 3.8) is 0 Å². The highest BCUT2D eigenvalue weighted by atomic mass is 16.4. The van der Waals surface area contributed by atoms with E-state index in [-0.39, 0.29) is 0 Å². The van der Waals surface area contributed by atoms with Crippen molar-refractivity contribution in [1.82, 2.24) is 4.90 Å². The predicted molar refractivity (Wildman–Crippen MR) is 63.3 cm³/mol. The van der Waals surface area contributed by atoms with E-state index < -0.39 is 11.7 Å².